The van der Waals surface area contributed by atoms with Gasteiger partial charge in [0.1, 0.15) is 0 Å². The first kappa shape index (κ1) is 14.1. The standard InChI is InChI=1S/C16H23NO2/c18-12-15(14-9-5-2-6-10-14)17-16(19)11-13-7-3-1-4-8-13/h2,5-6,9-10,13,15,18H,1,3-4,7-8,11-12H2,(H,17,19)/t15-/m1/s1. The molecule has 1 saturated carbocycles. The van der Waals surface area contributed by atoms with Gasteiger partial charge in [0, 0.05) is 6.42 Å². The van der Waals surface area contributed by atoms with Crippen molar-refractivity contribution in [3.63, 3.8) is 0 Å². The van der Waals surface area contributed by atoms with Gasteiger partial charge >= 0.3 is 0 Å². The number of benzene rings is 1. The molecule has 0 aliphatic heterocycles. The molecule has 104 valence electrons. The molecule has 1 aromatic rings. The number of carbonyl (C=O) groups excluding carboxylic acids is 1. The lowest BCUT2D eigenvalue weighted by Gasteiger charge is -2.23. The van der Waals surface area contributed by atoms with Crippen LogP contribution in [0, 0.1) is 5.92 Å². The maximum absolute atomic E-state index is 12.0. The van der Waals surface area contributed by atoms with Crippen LogP contribution in [0.3, 0.4) is 0 Å². The highest BCUT2D eigenvalue weighted by Crippen LogP contribution is 2.26. The third-order valence-electron chi connectivity index (χ3n) is 3.92. The normalized spacial score (nSPS) is 17.9. The number of rotatable bonds is 5. The Morgan fingerprint density at radius 3 is 2.53 bits per heavy atom. The van der Waals surface area contributed by atoms with Crippen molar-refractivity contribution in [3.8, 4) is 0 Å². The van der Waals surface area contributed by atoms with E-state index in [1.807, 2.05) is 30.3 Å². The van der Waals surface area contributed by atoms with E-state index < -0.39 is 0 Å². The molecule has 1 amide bonds. The summed E-state index contributed by atoms with van der Waals surface area (Å²) in [7, 11) is 0. The molecular weight excluding hydrogens is 238 g/mol. The molecule has 19 heavy (non-hydrogen) atoms. The van der Waals surface area contributed by atoms with E-state index in [-0.39, 0.29) is 18.6 Å². The SMILES string of the molecule is O=C(CC1CCCCC1)N[C@H](CO)c1ccccc1. The maximum Gasteiger partial charge on any atom is 0.220 e. The van der Waals surface area contributed by atoms with Crippen LogP contribution in [0.15, 0.2) is 30.3 Å². The molecule has 1 aromatic carbocycles. The van der Waals surface area contributed by atoms with E-state index in [2.05, 4.69) is 5.32 Å². The Balaban J connectivity index is 1.85. The molecule has 0 bridgehead atoms. The van der Waals surface area contributed by atoms with Crippen LogP contribution >= 0.6 is 0 Å². The number of hydrogen-bond acceptors (Lipinski definition) is 2. The zero-order valence-electron chi connectivity index (χ0n) is 11.3. The number of aliphatic hydroxyl groups excluding tert-OH is 1. The summed E-state index contributed by atoms with van der Waals surface area (Å²) in [5.74, 6) is 0.596. The van der Waals surface area contributed by atoms with E-state index in [0.717, 1.165) is 5.56 Å². The first-order chi connectivity index (χ1) is 9.29. The summed E-state index contributed by atoms with van der Waals surface area (Å²) >= 11 is 0. The van der Waals surface area contributed by atoms with Gasteiger partial charge in [-0.15, -0.1) is 0 Å². The zero-order chi connectivity index (χ0) is 13.5. The van der Waals surface area contributed by atoms with Crippen molar-refractivity contribution in [1.82, 2.24) is 5.32 Å². The van der Waals surface area contributed by atoms with Crippen LogP contribution in [0.2, 0.25) is 0 Å². The highest BCUT2D eigenvalue weighted by atomic mass is 16.3. The quantitative estimate of drug-likeness (QED) is 0.856. The second kappa shape index (κ2) is 7.29. The van der Waals surface area contributed by atoms with Gasteiger partial charge in [-0.05, 0) is 24.3 Å². The molecule has 0 heterocycles. The summed E-state index contributed by atoms with van der Waals surface area (Å²) in [5.41, 5.74) is 0.960. The van der Waals surface area contributed by atoms with Crippen molar-refractivity contribution >= 4 is 5.91 Å². The van der Waals surface area contributed by atoms with Gasteiger partial charge in [0.15, 0.2) is 0 Å². The van der Waals surface area contributed by atoms with Crippen molar-refractivity contribution in [1.29, 1.82) is 0 Å². The molecule has 1 aliphatic rings. The van der Waals surface area contributed by atoms with Gasteiger partial charge in [0.05, 0.1) is 12.6 Å². The van der Waals surface area contributed by atoms with E-state index in [1.165, 1.54) is 32.1 Å². The van der Waals surface area contributed by atoms with E-state index in [0.29, 0.717) is 12.3 Å². The second-order valence-corrected chi connectivity index (χ2v) is 5.42. The number of amides is 1. The van der Waals surface area contributed by atoms with Gasteiger partial charge in [-0.2, -0.15) is 0 Å². The number of nitrogens with one attached hydrogen (secondary N) is 1. The van der Waals surface area contributed by atoms with E-state index in [4.69, 9.17) is 0 Å². The third-order valence-corrected chi connectivity index (χ3v) is 3.92. The molecular formula is C16H23NO2. The number of aliphatic hydroxyl groups is 1. The first-order valence-electron chi connectivity index (χ1n) is 7.24. The molecule has 0 unspecified atom stereocenters. The Kier molecular flexibility index (Phi) is 5.40. The fourth-order valence-electron chi connectivity index (χ4n) is 2.83. The van der Waals surface area contributed by atoms with Crippen LogP contribution in [0.4, 0.5) is 0 Å². The Morgan fingerprint density at radius 2 is 1.89 bits per heavy atom. The number of carbonyl (C=O) groups is 1. The van der Waals surface area contributed by atoms with Crippen LogP contribution in [0.5, 0.6) is 0 Å². The highest BCUT2D eigenvalue weighted by molar-refractivity contribution is 5.76. The van der Waals surface area contributed by atoms with Crippen LogP contribution in [0.25, 0.3) is 0 Å². The second-order valence-electron chi connectivity index (χ2n) is 5.42. The van der Waals surface area contributed by atoms with Crippen LogP contribution < -0.4 is 5.32 Å². The van der Waals surface area contributed by atoms with Crippen LogP contribution in [-0.4, -0.2) is 17.6 Å². The predicted molar refractivity (Wildman–Crippen MR) is 75.6 cm³/mol. The minimum absolute atomic E-state index is 0.0551. The Morgan fingerprint density at radius 1 is 1.21 bits per heavy atom. The molecule has 1 fully saturated rings. The lowest BCUT2D eigenvalue weighted by atomic mass is 9.87. The molecule has 0 aromatic heterocycles. The Bertz CT molecular complexity index is 385. The monoisotopic (exact) mass is 261 g/mol. The molecule has 1 aliphatic carbocycles. The van der Waals surface area contributed by atoms with Crippen molar-refractivity contribution in [2.75, 3.05) is 6.61 Å². The van der Waals surface area contributed by atoms with Crippen LogP contribution in [-0.2, 0) is 4.79 Å². The summed E-state index contributed by atoms with van der Waals surface area (Å²) in [6, 6.07) is 9.36. The van der Waals surface area contributed by atoms with Crippen molar-refractivity contribution < 1.29 is 9.90 Å². The lowest BCUT2D eigenvalue weighted by Crippen LogP contribution is -2.32. The Labute approximate surface area is 115 Å². The van der Waals surface area contributed by atoms with Crippen molar-refractivity contribution in [3.05, 3.63) is 35.9 Å². The molecule has 0 saturated heterocycles. The zero-order valence-corrected chi connectivity index (χ0v) is 11.3. The Hall–Kier alpha value is -1.35. The van der Waals surface area contributed by atoms with Gasteiger partial charge in [-0.25, -0.2) is 0 Å². The maximum atomic E-state index is 12.0. The summed E-state index contributed by atoms with van der Waals surface area (Å²) in [6.07, 6.45) is 6.75. The summed E-state index contributed by atoms with van der Waals surface area (Å²) in [4.78, 5) is 12.0. The smallest absolute Gasteiger partial charge is 0.220 e. The van der Waals surface area contributed by atoms with E-state index in [9.17, 15) is 9.90 Å². The van der Waals surface area contributed by atoms with Gasteiger partial charge < -0.3 is 10.4 Å². The average molecular weight is 261 g/mol. The molecule has 3 nitrogen and oxygen atoms in total. The summed E-state index contributed by atoms with van der Waals surface area (Å²) in [5, 5.41) is 12.4. The molecule has 0 spiro atoms. The van der Waals surface area contributed by atoms with Gasteiger partial charge in [0.2, 0.25) is 5.91 Å². The highest BCUT2D eigenvalue weighted by Gasteiger charge is 2.19. The fraction of sp³-hybridized carbons (Fsp3) is 0.562. The van der Waals surface area contributed by atoms with Gasteiger partial charge in [-0.1, -0.05) is 49.6 Å². The van der Waals surface area contributed by atoms with Gasteiger partial charge in [0.25, 0.3) is 0 Å². The van der Waals surface area contributed by atoms with Crippen LogP contribution in [0.1, 0.15) is 50.1 Å². The number of hydrogen-bond donors (Lipinski definition) is 2. The fourth-order valence-corrected chi connectivity index (χ4v) is 2.83. The van der Waals surface area contributed by atoms with E-state index in [1.54, 1.807) is 0 Å². The third kappa shape index (κ3) is 4.35. The molecule has 2 rings (SSSR count). The van der Waals surface area contributed by atoms with Crippen molar-refractivity contribution in [2.45, 2.75) is 44.6 Å². The minimum atomic E-state index is -0.280. The minimum Gasteiger partial charge on any atom is -0.394 e. The molecule has 3 heteroatoms. The molecule has 1 atom stereocenters. The van der Waals surface area contributed by atoms with E-state index >= 15 is 0 Å². The topological polar surface area (TPSA) is 49.3 Å². The first-order valence-corrected chi connectivity index (χ1v) is 7.24. The molecule has 0 radical (unpaired) electrons. The average Bonchev–Trinajstić information content (AvgIpc) is 2.47. The summed E-state index contributed by atoms with van der Waals surface area (Å²) in [6.45, 7) is -0.0551. The van der Waals surface area contributed by atoms with Gasteiger partial charge in [-0.3, -0.25) is 4.79 Å². The summed E-state index contributed by atoms with van der Waals surface area (Å²) < 4.78 is 0. The lowest BCUT2D eigenvalue weighted by molar-refractivity contribution is -0.123. The predicted octanol–water partition coefficient (Wildman–Crippen LogP) is 2.81. The molecule has 2 N–H and O–H groups in total. The van der Waals surface area contributed by atoms with Crippen molar-refractivity contribution in [2.24, 2.45) is 5.92 Å². The largest absolute Gasteiger partial charge is 0.394 e.